The van der Waals surface area contributed by atoms with E-state index in [1.54, 1.807) is 18.2 Å². The molecule has 0 fully saturated rings. The van der Waals surface area contributed by atoms with Crippen LogP contribution in [0.1, 0.15) is 12.6 Å². The second kappa shape index (κ2) is 9.61. The fraction of sp³-hybridized carbons (Fsp3) is 0.261. The third-order valence-corrected chi connectivity index (χ3v) is 5.74. The number of nitrogens with one attached hydrogen (secondary N) is 1. The van der Waals surface area contributed by atoms with Crippen LogP contribution in [0.4, 0.5) is 5.69 Å². The Morgan fingerprint density at radius 1 is 1.10 bits per heavy atom. The maximum atomic E-state index is 12.7. The van der Waals surface area contributed by atoms with Crippen molar-refractivity contribution in [2.45, 2.75) is 13.3 Å². The third-order valence-electron chi connectivity index (χ3n) is 4.80. The van der Waals surface area contributed by atoms with Crippen LogP contribution in [0.5, 0.6) is 11.5 Å². The van der Waals surface area contributed by atoms with Crippen molar-refractivity contribution in [2.75, 3.05) is 31.6 Å². The summed E-state index contributed by atoms with van der Waals surface area (Å²) in [5, 5.41) is 5.59. The van der Waals surface area contributed by atoms with Gasteiger partial charge in [0.1, 0.15) is 18.2 Å². The summed E-state index contributed by atoms with van der Waals surface area (Å²) >= 11 is 1.51. The van der Waals surface area contributed by atoms with E-state index in [0.29, 0.717) is 42.6 Å². The van der Waals surface area contributed by atoms with E-state index in [9.17, 15) is 9.59 Å². The van der Waals surface area contributed by atoms with E-state index < -0.39 is 0 Å². The Morgan fingerprint density at radius 3 is 2.65 bits per heavy atom. The Morgan fingerprint density at radius 2 is 1.87 bits per heavy atom. The van der Waals surface area contributed by atoms with E-state index in [-0.39, 0.29) is 24.8 Å². The zero-order chi connectivity index (χ0) is 21.6. The highest BCUT2D eigenvalue weighted by Gasteiger charge is 2.19. The number of carbonyl (C=O) groups is 2. The van der Waals surface area contributed by atoms with Gasteiger partial charge in [0.05, 0.1) is 18.7 Å². The van der Waals surface area contributed by atoms with Crippen molar-refractivity contribution in [3.63, 3.8) is 0 Å². The number of ether oxygens (including phenoxy) is 2. The summed E-state index contributed by atoms with van der Waals surface area (Å²) in [4.78, 5) is 31.3. The Balaban J connectivity index is 1.34. The molecule has 31 heavy (non-hydrogen) atoms. The zero-order valence-corrected chi connectivity index (χ0v) is 18.0. The minimum absolute atomic E-state index is 0.0283. The van der Waals surface area contributed by atoms with Crippen LogP contribution in [0.2, 0.25) is 0 Å². The molecule has 2 aromatic carbocycles. The molecule has 1 aromatic heterocycles. The van der Waals surface area contributed by atoms with Crippen LogP contribution < -0.4 is 14.8 Å². The molecule has 0 radical (unpaired) electrons. The van der Waals surface area contributed by atoms with Crippen molar-refractivity contribution in [2.24, 2.45) is 0 Å². The minimum Gasteiger partial charge on any atom is -0.486 e. The molecule has 2 amide bonds. The first-order chi connectivity index (χ1) is 15.1. The summed E-state index contributed by atoms with van der Waals surface area (Å²) in [7, 11) is 0. The minimum atomic E-state index is -0.268. The van der Waals surface area contributed by atoms with Crippen LogP contribution in [-0.4, -0.2) is 48.0 Å². The molecule has 0 aliphatic carbocycles. The highest BCUT2D eigenvalue weighted by Crippen LogP contribution is 2.32. The number of hydrogen-bond acceptors (Lipinski definition) is 6. The summed E-state index contributed by atoms with van der Waals surface area (Å²) in [5.41, 5.74) is 2.33. The molecule has 3 aromatic rings. The molecular weight excluding hydrogens is 414 g/mol. The van der Waals surface area contributed by atoms with Gasteiger partial charge in [-0.05, 0) is 19.1 Å². The first kappa shape index (κ1) is 20.9. The number of anilines is 1. The molecular formula is C23H23N3O4S. The molecule has 1 aliphatic heterocycles. The van der Waals surface area contributed by atoms with Crippen LogP contribution in [0.3, 0.4) is 0 Å². The number of rotatable bonds is 7. The number of thiazole rings is 1. The number of hydrogen-bond donors (Lipinski definition) is 1. The van der Waals surface area contributed by atoms with E-state index in [0.717, 1.165) is 10.6 Å². The topological polar surface area (TPSA) is 80.8 Å². The maximum absolute atomic E-state index is 12.7. The van der Waals surface area contributed by atoms with Gasteiger partial charge in [-0.3, -0.25) is 9.59 Å². The Kier molecular flexibility index (Phi) is 6.47. The van der Waals surface area contributed by atoms with Crippen LogP contribution in [0, 0.1) is 0 Å². The number of fused-ring (bicyclic) bond motifs is 1. The number of carbonyl (C=O) groups excluding carboxylic acids is 2. The van der Waals surface area contributed by atoms with Crippen molar-refractivity contribution in [3.8, 4) is 22.1 Å². The lowest BCUT2D eigenvalue weighted by Gasteiger charge is -2.21. The molecule has 160 valence electrons. The quantitative estimate of drug-likeness (QED) is 0.611. The Labute approximate surface area is 184 Å². The summed E-state index contributed by atoms with van der Waals surface area (Å²) in [6.07, 6.45) is 0.161. The molecule has 8 heteroatoms. The third kappa shape index (κ3) is 5.21. The van der Waals surface area contributed by atoms with Crippen molar-refractivity contribution in [1.29, 1.82) is 0 Å². The monoisotopic (exact) mass is 437 g/mol. The molecule has 1 N–H and O–H groups in total. The van der Waals surface area contributed by atoms with Gasteiger partial charge in [0.2, 0.25) is 11.8 Å². The maximum Gasteiger partial charge on any atom is 0.243 e. The molecule has 1 aliphatic rings. The molecule has 0 atom stereocenters. The van der Waals surface area contributed by atoms with E-state index in [4.69, 9.17) is 9.47 Å². The lowest BCUT2D eigenvalue weighted by molar-refractivity contribution is -0.133. The van der Waals surface area contributed by atoms with Crippen LogP contribution in [0.15, 0.2) is 53.9 Å². The molecule has 2 heterocycles. The molecule has 0 saturated heterocycles. The average Bonchev–Trinajstić information content (AvgIpc) is 3.26. The smallest absolute Gasteiger partial charge is 0.243 e. The fourth-order valence-electron chi connectivity index (χ4n) is 3.24. The van der Waals surface area contributed by atoms with Gasteiger partial charge in [-0.25, -0.2) is 4.98 Å². The second-order valence-corrected chi connectivity index (χ2v) is 7.86. The highest BCUT2D eigenvalue weighted by molar-refractivity contribution is 7.13. The second-order valence-electron chi connectivity index (χ2n) is 7.00. The molecule has 0 bridgehead atoms. The summed E-state index contributed by atoms with van der Waals surface area (Å²) < 4.78 is 11.0. The van der Waals surface area contributed by atoms with Gasteiger partial charge in [0, 0.05) is 29.2 Å². The van der Waals surface area contributed by atoms with E-state index in [1.165, 1.54) is 16.2 Å². The summed E-state index contributed by atoms with van der Waals surface area (Å²) in [5.74, 6) is 0.859. The SMILES string of the molecule is CCN(CC(=O)Nc1ccc2c(c1)OCCO2)C(=O)Cc1csc(-c2ccccc2)n1. The molecule has 7 nitrogen and oxygen atoms in total. The van der Waals surface area contributed by atoms with Gasteiger partial charge in [-0.2, -0.15) is 0 Å². The molecule has 4 rings (SSSR count). The Hall–Kier alpha value is -3.39. The van der Waals surface area contributed by atoms with Crippen molar-refractivity contribution < 1.29 is 19.1 Å². The lowest BCUT2D eigenvalue weighted by atomic mass is 10.2. The van der Waals surface area contributed by atoms with Gasteiger partial charge < -0.3 is 19.7 Å². The van der Waals surface area contributed by atoms with Crippen LogP contribution in [0.25, 0.3) is 10.6 Å². The fourth-order valence-corrected chi connectivity index (χ4v) is 4.07. The predicted octanol–water partition coefficient (Wildman–Crippen LogP) is 3.61. The lowest BCUT2D eigenvalue weighted by Crippen LogP contribution is -2.38. The zero-order valence-electron chi connectivity index (χ0n) is 17.2. The van der Waals surface area contributed by atoms with Gasteiger partial charge in [0.25, 0.3) is 0 Å². The predicted molar refractivity (Wildman–Crippen MR) is 120 cm³/mol. The number of likely N-dealkylation sites (N-methyl/N-ethyl adjacent to an activating group) is 1. The van der Waals surface area contributed by atoms with Crippen molar-refractivity contribution >= 4 is 28.8 Å². The first-order valence-electron chi connectivity index (χ1n) is 10.1. The number of amides is 2. The number of benzene rings is 2. The average molecular weight is 438 g/mol. The van der Waals surface area contributed by atoms with Gasteiger partial charge in [-0.1, -0.05) is 30.3 Å². The van der Waals surface area contributed by atoms with E-state index in [2.05, 4.69) is 10.3 Å². The summed E-state index contributed by atoms with van der Waals surface area (Å²) in [6.45, 7) is 3.25. The molecule has 0 unspecified atom stereocenters. The van der Waals surface area contributed by atoms with Gasteiger partial charge in [-0.15, -0.1) is 11.3 Å². The standard InChI is InChI=1S/C23H23N3O4S/c1-2-26(14-21(27)24-17-8-9-19-20(12-17)30-11-10-29-19)22(28)13-18-15-31-23(25-18)16-6-4-3-5-7-16/h3-9,12,15H,2,10-11,13-14H2,1H3,(H,24,27). The van der Waals surface area contributed by atoms with Crippen LogP contribution >= 0.6 is 11.3 Å². The molecule has 0 spiro atoms. The Bertz CT molecular complexity index is 1070. The van der Waals surface area contributed by atoms with Crippen molar-refractivity contribution in [1.82, 2.24) is 9.88 Å². The van der Waals surface area contributed by atoms with Crippen molar-refractivity contribution in [3.05, 3.63) is 59.6 Å². The number of aromatic nitrogens is 1. The van der Waals surface area contributed by atoms with Crippen LogP contribution in [-0.2, 0) is 16.0 Å². The number of nitrogens with zero attached hydrogens (tertiary/aromatic N) is 2. The molecule has 0 saturated carbocycles. The summed E-state index contributed by atoms with van der Waals surface area (Å²) in [6, 6.07) is 15.1. The normalized spacial score (nSPS) is 12.3. The van der Waals surface area contributed by atoms with E-state index >= 15 is 0 Å². The highest BCUT2D eigenvalue weighted by atomic mass is 32.1. The first-order valence-corrected chi connectivity index (χ1v) is 11.0. The largest absolute Gasteiger partial charge is 0.486 e. The van der Waals surface area contributed by atoms with Gasteiger partial charge in [0.15, 0.2) is 11.5 Å². The van der Waals surface area contributed by atoms with Gasteiger partial charge >= 0.3 is 0 Å². The van der Waals surface area contributed by atoms with E-state index in [1.807, 2.05) is 42.6 Å².